The fourth-order valence-electron chi connectivity index (χ4n) is 2.80. The van der Waals surface area contributed by atoms with E-state index < -0.39 is 0 Å². The highest BCUT2D eigenvalue weighted by Gasteiger charge is 2.32. The van der Waals surface area contributed by atoms with E-state index in [2.05, 4.69) is 28.4 Å². The van der Waals surface area contributed by atoms with Gasteiger partial charge in [0.05, 0.1) is 0 Å². The van der Waals surface area contributed by atoms with Gasteiger partial charge in [-0.05, 0) is 42.6 Å². The Balaban J connectivity index is 1.83. The summed E-state index contributed by atoms with van der Waals surface area (Å²) in [6, 6.07) is 0.340. The second-order valence-electron chi connectivity index (χ2n) is 6.69. The number of carbonyl (C=O) groups is 1. The molecule has 0 atom stereocenters. The molecule has 2 heterocycles. The highest BCUT2D eigenvalue weighted by atomic mass is 32.1. The smallest absolute Gasteiger partial charge is 0.258 e. The molecule has 6 heteroatoms. The Kier molecular flexibility index (Phi) is 3.36. The number of anilines is 2. The van der Waals surface area contributed by atoms with Gasteiger partial charge in [0, 0.05) is 19.1 Å². The number of rotatable bonds is 3. The molecular weight excluding hydrogens is 272 g/mol. The summed E-state index contributed by atoms with van der Waals surface area (Å²) in [5, 5.41) is 3.96. The molecule has 1 amide bonds. The van der Waals surface area contributed by atoms with Crippen LogP contribution in [0.4, 0.5) is 10.8 Å². The summed E-state index contributed by atoms with van der Waals surface area (Å²) < 4.78 is 4.21. The van der Waals surface area contributed by atoms with Gasteiger partial charge in [0.1, 0.15) is 10.6 Å². The van der Waals surface area contributed by atoms with Gasteiger partial charge >= 0.3 is 0 Å². The van der Waals surface area contributed by atoms with Crippen LogP contribution in [0.5, 0.6) is 0 Å². The zero-order chi connectivity index (χ0) is 14.3. The Bertz CT molecular complexity index is 521. The minimum absolute atomic E-state index is 0.0582. The van der Waals surface area contributed by atoms with Crippen molar-refractivity contribution in [3.05, 3.63) is 5.56 Å². The second-order valence-corrected chi connectivity index (χ2v) is 7.44. The number of hydrogen-bond donors (Lipinski definition) is 2. The number of aromatic nitrogens is 1. The SMILES string of the molecule is CC1(C)CCCN(c2snc(N)c2C(=O)NC2CC2)C1. The first kappa shape index (κ1) is 13.7. The molecule has 1 aromatic heterocycles. The van der Waals surface area contributed by atoms with Crippen molar-refractivity contribution in [1.29, 1.82) is 0 Å². The third-order valence-corrected chi connectivity index (χ3v) is 4.95. The van der Waals surface area contributed by atoms with E-state index in [1.54, 1.807) is 0 Å². The number of nitrogens with zero attached hydrogens (tertiary/aromatic N) is 2. The normalized spacial score (nSPS) is 21.8. The fraction of sp³-hybridized carbons (Fsp3) is 0.714. The zero-order valence-electron chi connectivity index (χ0n) is 12.1. The molecule has 2 aliphatic rings. The van der Waals surface area contributed by atoms with Crippen LogP contribution in [0.25, 0.3) is 0 Å². The van der Waals surface area contributed by atoms with Crippen molar-refractivity contribution in [2.75, 3.05) is 23.7 Å². The molecule has 1 saturated heterocycles. The Labute approximate surface area is 123 Å². The van der Waals surface area contributed by atoms with Gasteiger partial charge < -0.3 is 16.0 Å². The van der Waals surface area contributed by atoms with E-state index in [9.17, 15) is 4.79 Å². The summed E-state index contributed by atoms with van der Waals surface area (Å²) in [6.45, 7) is 6.48. The molecule has 1 saturated carbocycles. The molecule has 0 aromatic carbocycles. The summed E-state index contributed by atoms with van der Waals surface area (Å²) in [5.41, 5.74) is 6.79. The van der Waals surface area contributed by atoms with Crippen LogP contribution < -0.4 is 16.0 Å². The van der Waals surface area contributed by atoms with Crippen molar-refractivity contribution < 1.29 is 4.79 Å². The third-order valence-electron chi connectivity index (χ3n) is 4.03. The summed E-state index contributed by atoms with van der Waals surface area (Å²) in [7, 11) is 0. The number of nitrogens with two attached hydrogens (primary N) is 1. The molecule has 3 rings (SSSR count). The van der Waals surface area contributed by atoms with E-state index in [1.807, 2.05) is 0 Å². The van der Waals surface area contributed by atoms with Gasteiger partial charge in [0.15, 0.2) is 5.82 Å². The lowest BCUT2D eigenvalue weighted by Crippen LogP contribution is -2.40. The Morgan fingerprint density at radius 1 is 1.50 bits per heavy atom. The Morgan fingerprint density at radius 2 is 2.25 bits per heavy atom. The van der Waals surface area contributed by atoms with E-state index in [0.717, 1.165) is 37.4 Å². The summed E-state index contributed by atoms with van der Waals surface area (Å²) in [6.07, 6.45) is 4.53. The number of piperidine rings is 1. The molecular formula is C14H22N4OS. The van der Waals surface area contributed by atoms with Crippen LogP contribution in [-0.2, 0) is 0 Å². The number of nitrogens with one attached hydrogen (secondary N) is 1. The van der Waals surface area contributed by atoms with Crippen LogP contribution in [0.2, 0.25) is 0 Å². The van der Waals surface area contributed by atoms with Crippen molar-refractivity contribution in [2.45, 2.75) is 45.6 Å². The summed E-state index contributed by atoms with van der Waals surface area (Å²) >= 11 is 1.35. The van der Waals surface area contributed by atoms with Crippen molar-refractivity contribution in [1.82, 2.24) is 9.69 Å². The molecule has 110 valence electrons. The maximum atomic E-state index is 12.4. The van der Waals surface area contributed by atoms with Gasteiger partial charge in [-0.2, -0.15) is 4.37 Å². The van der Waals surface area contributed by atoms with Gasteiger partial charge in [-0.3, -0.25) is 4.79 Å². The van der Waals surface area contributed by atoms with Gasteiger partial charge in [0.25, 0.3) is 5.91 Å². The third kappa shape index (κ3) is 2.75. The highest BCUT2D eigenvalue weighted by molar-refractivity contribution is 7.11. The van der Waals surface area contributed by atoms with Crippen LogP contribution in [0.3, 0.4) is 0 Å². The predicted octanol–water partition coefficient (Wildman–Crippen LogP) is 2.24. The largest absolute Gasteiger partial charge is 0.382 e. The molecule has 0 radical (unpaired) electrons. The lowest BCUT2D eigenvalue weighted by Gasteiger charge is -2.38. The summed E-state index contributed by atoms with van der Waals surface area (Å²) in [4.78, 5) is 14.6. The van der Waals surface area contributed by atoms with Crippen LogP contribution in [0.1, 0.15) is 49.9 Å². The summed E-state index contributed by atoms with van der Waals surface area (Å²) in [5.74, 6) is 0.309. The minimum atomic E-state index is -0.0582. The van der Waals surface area contributed by atoms with Crippen LogP contribution in [0.15, 0.2) is 0 Å². The maximum Gasteiger partial charge on any atom is 0.258 e. The zero-order valence-corrected chi connectivity index (χ0v) is 12.9. The molecule has 3 N–H and O–H groups in total. The van der Waals surface area contributed by atoms with Gasteiger partial charge in [-0.25, -0.2) is 0 Å². The van der Waals surface area contributed by atoms with E-state index in [0.29, 0.717) is 17.4 Å². The van der Waals surface area contributed by atoms with Crippen LogP contribution >= 0.6 is 11.5 Å². The molecule has 1 aromatic rings. The first-order chi connectivity index (χ1) is 9.46. The molecule has 1 aliphatic carbocycles. The quantitative estimate of drug-likeness (QED) is 0.897. The Morgan fingerprint density at radius 3 is 2.90 bits per heavy atom. The van der Waals surface area contributed by atoms with Crippen LogP contribution in [0, 0.1) is 5.41 Å². The number of carbonyl (C=O) groups excluding carboxylic acids is 1. The van der Waals surface area contributed by atoms with Gasteiger partial charge in [-0.1, -0.05) is 13.8 Å². The minimum Gasteiger partial charge on any atom is -0.382 e. The molecule has 20 heavy (non-hydrogen) atoms. The number of amides is 1. The van der Waals surface area contributed by atoms with Gasteiger partial charge in [-0.15, -0.1) is 0 Å². The predicted molar refractivity (Wildman–Crippen MR) is 82.2 cm³/mol. The van der Waals surface area contributed by atoms with E-state index in [4.69, 9.17) is 5.73 Å². The second kappa shape index (κ2) is 4.91. The number of hydrogen-bond acceptors (Lipinski definition) is 5. The molecule has 5 nitrogen and oxygen atoms in total. The van der Waals surface area contributed by atoms with Crippen LogP contribution in [-0.4, -0.2) is 29.4 Å². The lowest BCUT2D eigenvalue weighted by atomic mass is 9.84. The topological polar surface area (TPSA) is 71.2 Å². The number of nitrogen functional groups attached to an aromatic ring is 1. The average Bonchev–Trinajstić information content (AvgIpc) is 3.08. The lowest BCUT2D eigenvalue weighted by molar-refractivity contribution is 0.0952. The molecule has 0 unspecified atom stereocenters. The molecule has 2 fully saturated rings. The standard InChI is InChI=1S/C14H22N4OS/c1-14(2)6-3-7-18(8-14)13-10(11(15)17-20-13)12(19)16-9-4-5-9/h9H,3-8H2,1-2H3,(H2,15,17)(H,16,19). The maximum absolute atomic E-state index is 12.4. The first-order valence-corrected chi connectivity index (χ1v) is 8.04. The molecule has 0 bridgehead atoms. The van der Waals surface area contributed by atoms with E-state index >= 15 is 0 Å². The Hall–Kier alpha value is -1.30. The van der Waals surface area contributed by atoms with E-state index in [-0.39, 0.29) is 11.3 Å². The molecule has 0 spiro atoms. The van der Waals surface area contributed by atoms with Crippen molar-refractivity contribution >= 4 is 28.3 Å². The average molecular weight is 294 g/mol. The van der Waals surface area contributed by atoms with Crippen molar-refractivity contribution in [3.8, 4) is 0 Å². The first-order valence-electron chi connectivity index (χ1n) is 7.27. The van der Waals surface area contributed by atoms with Crippen molar-refractivity contribution in [2.24, 2.45) is 5.41 Å². The molecule has 1 aliphatic heterocycles. The van der Waals surface area contributed by atoms with Gasteiger partial charge in [0.2, 0.25) is 0 Å². The van der Waals surface area contributed by atoms with E-state index in [1.165, 1.54) is 18.0 Å². The van der Waals surface area contributed by atoms with Crippen molar-refractivity contribution in [3.63, 3.8) is 0 Å². The highest BCUT2D eigenvalue weighted by Crippen LogP contribution is 2.37. The monoisotopic (exact) mass is 294 g/mol. The fourth-order valence-corrected chi connectivity index (χ4v) is 3.64.